The number of rotatable bonds is 7. The molecule has 1 saturated carbocycles. The molecule has 0 radical (unpaired) electrons. The van der Waals surface area contributed by atoms with E-state index < -0.39 is 12.7 Å². The fourth-order valence-corrected chi connectivity index (χ4v) is 4.15. The highest BCUT2D eigenvalue weighted by atomic mass is 35.5. The van der Waals surface area contributed by atoms with E-state index in [4.69, 9.17) is 16.0 Å². The van der Waals surface area contributed by atoms with Gasteiger partial charge in [0.25, 0.3) is 0 Å². The van der Waals surface area contributed by atoms with Gasteiger partial charge in [-0.2, -0.15) is 18.2 Å². The minimum atomic E-state index is -4.43. The lowest BCUT2D eigenvalue weighted by atomic mass is 10.1. The predicted molar refractivity (Wildman–Crippen MR) is 116 cm³/mol. The van der Waals surface area contributed by atoms with Gasteiger partial charge in [-0.3, -0.25) is 4.98 Å². The Balaban J connectivity index is 1.72. The number of aromatic nitrogens is 3. The summed E-state index contributed by atoms with van der Waals surface area (Å²) in [6, 6.07) is 3.69. The van der Waals surface area contributed by atoms with E-state index in [-0.39, 0.29) is 35.5 Å². The minimum absolute atomic E-state index is 0.00919. The third-order valence-corrected chi connectivity index (χ3v) is 5.79. The Labute approximate surface area is 187 Å². The maximum Gasteiger partial charge on any atom is 0.405 e. The fourth-order valence-electron chi connectivity index (χ4n) is 3.89. The van der Waals surface area contributed by atoms with Crippen LogP contribution in [0.1, 0.15) is 31.9 Å². The van der Waals surface area contributed by atoms with E-state index in [1.807, 2.05) is 13.0 Å². The first kappa shape index (κ1) is 22.6. The predicted octanol–water partition coefficient (Wildman–Crippen LogP) is 5.05. The molecule has 3 aromatic heterocycles. The van der Waals surface area contributed by atoms with Crippen molar-refractivity contribution in [3.63, 3.8) is 0 Å². The number of hydrogen-bond acceptors (Lipinski definition) is 7. The van der Waals surface area contributed by atoms with Crippen LogP contribution in [0.25, 0.3) is 22.3 Å². The second-order valence-electron chi connectivity index (χ2n) is 7.91. The summed E-state index contributed by atoms with van der Waals surface area (Å²) in [4.78, 5) is 12.6. The van der Waals surface area contributed by atoms with E-state index in [1.165, 1.54) is 0 Å². The van der Waals surface area contributed by atoms with Gasteiger partial charge in [-0.05, 0) is 43.7 Å². The molecular formula is C21H23ClF3N5O2. The number of alkyl halides is 3. The van der Waals surface area contributed by atoms with Crippen LogP contribution in [0.15, 0.2) is 22.7 Å². The summed E-state index contributed by atoms with van der Waals surface area (Å²) in [5.41, 5.74) is 1.82. The van der Waals surface area contributed by atoms with Crippen LogP contribution in [0.4, 0.5) is 24.9 Å². The van der Waals surface area contributed by atoms with Crippen LogP contribution in [0, 0.1) is 5.92 Å². The number of aliphatic hydroxyl groups is 1. The number of hydrogen-bond donors (Lipinski definition) is 3. The summed E-state index contributed by atoms with van der Waals surface area (Å²) >= 11 is 6.42. The average molecular weight is 470 g/mol. The Morgan fingerprint density at radius 1 is 1.25 bits per heavy atom. The van der Waals surface area contributed by atoms with Crippen molar-refractivity contribution < 1.29 is 22.7 Å². The van der Waals surface area contributed by atoms with Gasteiger partial charge in [0.1, 0.15) is 23.3 Å². The number of aryl methyl sites for hydroxylation is 1. The second-order valence-corrected chi connectivity index (χ2v) is 8.27. The molecule has 2 unspecified atom stereocenters. The molecule has 7 nitrogen and oxygen atoms in total. The number of aliphatic hydroxyl groups excluding tert-OH is 1. The standard InChI is InChI=1S/C21H23ClF3N5O2/c1-2-13-6-12-7-15(32-16(12)8-26-13)17-18(22)29-20(27-10-21(23,24)25)30-19(17)28-14-4-3-11(5-14)9-31/h6-8,11,14,31H,2-5,9-10H2,1H3,(H2,27,28,29,30). The smallest absolute Gasteiger partial charge is 0.405 e. The van der Waals surface area contributed by atoms with Crippen molar-refractivity contribution in [3.05, 3.63) is 29.2 Å². The zero-order chi connectivity index (χ0) is 22.9. The third-order valence-electron chi connectivity index (χ3n) is 5.52. The lowest BCUT2D eigenvalue weighted by Crippen LogP contribution is -2.23. The molecule has 0 spiro atoms. The van der Waals surface area contributed by atoms with Gasteiger partial charge >= 0.3 is 6.18 Å². The molecule has 0 aromatic carbocycles. The first-order chi connectivity index (χ1) is 15.3. The van der Waals surface area contributed by atoms with Crippen LogP contribution in [0.5, 0.6) is 0 Å². The maximum atomic E-state index is 12.7. The lowest BCUT2D eigenvalue weighted by Gasteiger charge is -2.18. The number of nitrogens with one attached hydrogen (secondary N) is 2. The van der Waals surface area contributed by atoms with Gasteiger partial charge in [0.05, 0.1) is 11.8 Å². The fraction of sp³-hybridized carbons (Fsp3) is 0.476. The topological polar surface area (TPSA) is 96.1 Å². The number of anilines is 2. The van der Waals surface area contributed by atoms with Gasteiger partial charge in [-0.1, -0.05) is 18.5 Å². The zero-order valence-corrected chi connectivity index (χ0v) is 18.1. The Kier molecular flexibility index (Phi) is 6.43. The first-order valence-electron chi connectivity index (χ1n) is 10.4. The zero-order valence-electron chi connectivity index (χ0n) is 17.3. The molecule has 0 saturated heterocycles. The molecule has 4 rings (SSSR count). The van der Waals surface area contributed by atoms with Crippen molar-refractivity contribution in [2.45, 2.75) is 44.8 Å². The minimum Gasteiger partial charge on any atom is -0.454 e. The van der Waals surface area contributed by atoms with Gasteiger partial charge in [-0.25, -0.2) is 4.98 Å². The molecule has 1 fully saturated rings. The number of fused-ring (bicyclic) bond motifs is 1. The quantitative estimate of drug-likeness (QED) is 0.417. The molecule has 3 heterocycles. The summed E-state index contributed by atoms with van der Waals surface area (Å²) in [6.45, 7) is 0.800. The molecule has 11 heteroatoms. The highest BCUT2D eigenvalue weighted by molar-refractivity contribution is 6.32. The van der Waals surface area contributed by atoms with Crippen molar-refractivity contribution in [1.29, 1.82) is 0 Å². The van der Waals surface area contributed by atoms with Gasteiger partial charge < -0.3 is 20.2 Å². The first-order valence-corrected chi connectivity index (χ1v) is 10.8. The molecule has 3 aromatic rings. The average Bonchev–Trinajstić information content (AvgIpc) is 3.37. The van der Waals surface area contributed by atoms with Crippen LogP contribution in [-0.2, 0) is 6.42 Å². The molecule has 1 aliphatic carbocycles. The largest absolute Gasteiger partial charge is 0.454 e. The van der Waals surface area contributed by atoms with Crippen molar-refractivity contribution in [2.75, 3.05) is 23.8 Å². The van der Waals surface area contributed by atoms with Crippen LogP contribution >= 0.6 is 11.6 Å². The molecule has 2 atom stereocenters. The van der Waals surface area contributed by atoms with E-state index in [2.05, 4.69) is 25.6 Å². The molecular weight excluding hydrogens is 447 g/mol. The molecule has 0 bridgehead atoms. The van der Waals surface area contributed by atoms with E-state index in [9.17, 15) is 18.3 Å². The van der Waals surface area contributed by atoms with Crippen LogP contribution < -0.4 is 10.6 Å². The van der Waals surface area contributed by atoms with Gasteiger partial charge in [-0.15, -0.1) is 0 Å². The SMILES string of the molecule is CCc1cc2cc(-c3c(Cl)nc(NCC(F)(F)F)nc3NC3CCC(CO)C3)oc2cn1. The molecule has 32 heavy (non-hydrogen) atoms. The molecule has 1 aliphatic rings. The lowest BCUT2D eigenvalue weighted by molar-refractivity contribution is -0.115. The van der Waals surface area contributed by atoms with Crippen molar-refractivity contribution >= 4 is 34.3 Å². The normalized spacial score (nSPS) is 18.9. The number of nitrogens with zero attached hydrogens (tertiary/aromatic N) is 3. The van der Waals surface area contributed by atoms with Gasteiger partial charge in [0.15, 0.2) is 5.58 Å². The van der Waals surface area contributed by atoms with Crippen molar-refractivity contribution in [1.82, 2.24) is 15.0 Å². The Morgan fingerprint density at radius 3 is 2.75 bits per heavy atom. The summed E-state index contributed by atoms with van der Waals surface area (Å²) in [5.74, 6) is 0.602. The maximum absolute atomic E-state index is 12.7. The summed E-state index contributed by atoms with van der Waals surface area (Å²) in [5, 5.41) is 15.7. The van der Waals surface area contributed by atoms with Crippen LogP contribution in [-0.4, -0.2) is 45.4 Å². The summed E-state index contributed by atoms with van der Waals surface area (Å²) in [7, 11) is 0. The molecule has 0 amide bonds. The molecule has 172 valence electrons. The highest BCUT2D eigenvalue weighted by Crippen LogP contribution is 2.39. The highest BCUT2D eigenvalue weighted by Gasteiger charge is 2.29. The van der Waals surface area contributed by atoms with Crippen LogP contribution in [0.3, 0.4) is 0 Å². The van der Waals surface area contributed by atoms with Gasteiger partial charge in [0.2, 0.25) is 5.95 Å². The van der Waals surface area contributed by atoms with Crippen molar-refractivity contribution in [2.24, 2.45) is 5.92 Å². The van der Waals surface area contributed by atoms with Gasteiger partial charge in [0, 0.05) is 23.7 Å². The third kappa shape index (κ3) is 5.07. The summed E-state index contributed by atoms with van der Waals surface area (Å²) < 4.78 is 43.9. The number of halogens is 4. The Bertz CT molecular complexity index is 1100. The Morgan fingerprint density at radius 2 is 2.06 bits per heavy atom. The monoisotopic (exact) mass is 469 g/mol. The molecule has 0 aliphatic heterocycles. The second kappa shape index (κ2) is 9.11. The van der Waals surface area contributed by atoms with E-state index >= 15 is 0 Å². The summed E-state index contributed by atoms with van der Waals surface area (Å²) in [6.07, 6.45) is 0.318. The molecule has 3 N–H and O–H groups in total. The number of pyridine rings is 1. The Hall–Kier alpha value is -2.59. The number of furan rings is 1. The van der Waals surface area contributed by atoms with E-state index in [1.54, 1.807) is 12.3 Å². The van der Waals surface area contributed by atoms with Crippen LogP contribution in [0.2, 0.25) is 5.15 Å². The van der Waals surface area contributed by atoms with Crippen molar-refractivity contribution in [3.8, 4) is 11.3 Å². The van der Waals surface area contributed by atoms with E-state index in [0.717, 1.165) is 30.3 Å². The van der Waals surface area contributed by atoms with E-state index in [0.29, 0.717) is 23.3 Å².